The number of rotatable bonds is 7. The number of amides is 1. The van der Waals surface area contributed by atoms with Crippen LogP contribution in [0, 0.1) is 0 Å². The minimum absolute atomic E-state index is 0.0466. The molecule has 38 heavy (non-hydrogen) atoms. The topological polar surface area (TPSA) is 121 Å². The molecule has 188 valence electrons. The Morgan fingerprint density at radius 2 is 1.76 bits per heavy atom. The van der Waals surface area contributed by atoms with Crippen LogP contribution in [0.5, 0.6) is 11.6 Å². The van der Waals surface area contributed by atoms with E-state index in [1.165, 1.54) is 0 Å². The van der Waals surface area contributed by atoms with Gasteiger partial charge in [0, 0.05) is 39.6 Å². The Balaban J connectivity index is 1.37. The Kier molecular flexibility index (Phi) is 5.93. The van der Waals surface area contributed by atoms with Crippen molar-refractivity contribution in [1.29, 1.82) is 0 Å². The molecule has 0 unspecified atom stereocenters. The highest BCUT2D eigenvalue weighted by Crippen LogP contribution is 2.29. The van der Waals surface area contributed by atoms with E-state index in [0.717, 1.165) is 33.1 Å². The van der Waals surface area contributed by atoms with Gasteiger partial charge in [-0.1, -0.05) is 30.3 Å². The minimum atomic E-state index is -0.145. The summed E-state index contributed by atoms with van der Waals surface area (Å²) in [6.07, 6.45) is 1.77. The van der Waals surface area contributed by atoms with Gasteiger partial charge in [0.15, 0.2) is 5.82 Å². The molecule has 6 rings (SSSR count). The highest BCUT2D eigenvalue weighted by Gasteiger charge is 2.14. The lowest BCUT2D eigenvalue weighted by atomic mass is 10.1. The van der Waals surface area contributed by atoms with Gasteiger partial charge in [-0.15, -0.1) is 0 Å². The van der Waals surface area contributed by atoms with Crippen molar-refractivity contribution in [3.05, 3.63) is 90.8 Å². The molecule has 4 N–H and O–H groups in total. The first-order chi connectivity index (χ1) is 18.5. The van der Waals surface area contributed by atoms with E-state index in [4.69, 9.17) is 9.72 Å². The van der Waals surface area contributed by atoms with Gasteiger partial charge in [-0.25, -0.2) is 4.98 Å². The van der Waals surface area contributed by atoms with E-state index in [0.29, 0.717) is 29.0 Å². The number of hydrogen-bond acceptors (Lipinski definition) is 6. The first kappa shape index (κ1) is 23.2. The highest BCUT2D eigenvalue weighted by atomic mass is 16.5. The number of aromatic amines is 2. The molecule has 0 aliphatic heterocycles. The highest BCUT2D eigenvalue weighted by molar-refractivity contribution is 5.98. The molecule has 1 amide bonds. The van der Waals surface area contributed by atoms with Gasteiger partial charge < -0.3 is 20.4 Å². The van der Waals surface area contributed by atoms with E-state index in [9.17, 15) is 4.79 Å². The van der Waals surface area contributed by atoms with Gasteiger partial charge >= 0.3 is 0 Å². The van der Waals surface area contributed by atoms with E-state index in [1.807, 2.05) is 86.6 Å². The molecule has 0 radical (unpaired) electrons. The molecule has 0 atom stereocenters. The third kappa shape index (κ3) is 4.90. The summed E-state index contributed by atoms with van der Waals surface area (Å²) in [5.74, 6) is 1.98. The smallest absolute Gasteiger partial charge is 0.267 e. The van der Waals surface area contributed by atoms with Crippen molar-refractivity contribution in [2.45, 2.75) is 19.9 Å². The molecule has 0 spiro atoms. The average molecular weight is 504 g/mol. The zero-order valence-corrected chi connectivity index (χ0v) is 20.8. The molecule has 3 aromatic heterocycles. The van der Waals surface area contributed by atoms with Crippen LogP contribution in [0.15, 0.2) is 85.1 Å². The van der Waals surface area contributed by atoms with Gasteiger partial charge in [-0.3, -0.25) is 9.89 Å². The Bertz CT molecular complexity index is 1760. The first-order valence-electron chi connectivity index (χ1n) is 12.3. The zero-order valence-electron chi connectivity index (χ0n) is 20.8. The molecule has 9 heteroatoms. The molecular formula is C29H25N7O2. The number of carbonyl (C=O) groups excluding carboxylic acids is 1. The third-order valence-corrected chi connectivity index (χ3v) is 5.93. The number of fused-ring (bicyclic) bond motifs is 2. The lowest BCUT2D eigenvalue weighted by Crippen LogP contribution is -2.30. The van der Waals surface area contributed by atoms with Crippen molar-refractivity contribution in [3.8, 4) is 23.0 Å². The number of benzene rings is 3. The Hall–Kier alpha value is -5.18. The predicted octanol–water partition coefficient (Wildman–Crippen LogP) is 6.18. The van der Waals surface area contributed by atoms with E-state index in [1.54, 1.807) is 12.3 Å². The molecule has 0 aliphatic carbocycles. The monoisotopic (exact) mass is 503 g/mol. The molecule has 0 saturated heterocycles. The fraction of sp³-hybridized carbons (Fsp3) is 0.103. The molecule has 3 heterocycles. The van der Waals surface area contributed by atoms with E-state index < -0.39 is 0 Å². The number of para-hydroxylation sites is 1. The van der Waals surface area contributed by atoms with Crippen LogP contribution in [0.1, 0.15) is 24.3 Å². The Morgan fingerprint density at radius 1 is 0.895 bits per heavy atom. The lowest BCUT2D eigenvalue weighted by molar-refractivity contribution is 0.0939. The van der Waals surface area contributed by atoms with Crippen molar-refractivity contribution >= 4 is 39.2 Å². The number of hydrogen-bond donors (Lipinski definition) is 4. The van der Waals surface area contributed by atoms with Crippen molar-refractivity contribution in [1.82, 2.24) is 30.5 Å². The number of aromatic nitrogens is 5. The Labute approximate surface area is 218 Å². The van der Waals surface area contributed by atoms with Crippen LogP contribution in [-0.2, 0) is 0 Å². The molecule has 9 nitrogen and oxygen atoms in total. The average Bonchev–Trinajstić information content (AvgIpc) is 3.55. The maximum absolute atomic E-state index is 12.5. The van der Waals surface area contributed by atoms with Crippen LogP contribution < -0.4 is 15.4 Å². The minimum Gasteiger partial charge on any atom is -0.439 e. The van der Waals surface area contributed by atoms with Gasteiger partial charge in [0.05, 0.1) is 11.7 Å². The van der Waals surface area contributed by atoms with Gasteiger partial charge in [0.1, 0.15) is 17.3 Å². The van der Waals surface area contributed by atoms with E-state index in [2.05, 4.69) is 30.8 Å². The SMILES string of the molecule is CC(C)NC(=O)c1cc2ccc(-c3nc(Nc4ccc5[nH]ncc5c4)cc(Oc4ccccc4)n3)cc2[nH]1. The normalized spacial score (nSPS) is 11.2. The van der Waals surface area contributed by atoms with Gasteiger partial charge in [-0.05, 0) is 56.3 Å². The molecule has 0 aliphatic rings. The molecular weight excluding hydrogens is 478 g/mol. The number of H-pyrrole nitrogens is 2. The number of anilines is 2. The molecule has 6 aromatic rings. The van der Waals surface area contributed by atoms with Crippen molar-refractivity contribution in [3.63, 3.8) is 0 Å². The second-order valence-electron chi connectivity index (χ2n) is 9.24. The van der Waals surface area contributed by atoms with E-state index in [-0.39, 0.29) is 11.9 Å². The second-order valence-corrected chi connectivity index (χ2v) is 9.24. The van der Waals surface area contributed by atoms with Gasteiger partial charge in [-0.2, -0.15) is 10.1 Å². The van der Waals surface area contributed by atoms with Crippen molar-refractivity contribution in [2.24, 2.45) is 0 Å². The molecule has 0 saturated carbocycles. The second kappa shape index (κ2) is 9.70. The van der Waals surface area contributed by atoms with E-state index >= 15 is 0 Å². The maximum atomic E-state index is 12.5. The maximum Gasteiger partial charge on any atom is 0.267 e. The van der Waals surface area contributed by atoms with Gasteiger partial charge in [0.2, 0.25) is 5.88 Å². The number of nitrogens with zero attached hydrogens (tertiary/aromatic N) is 3. The fourth-order valence-corrected chi connectivity index (χ4v) is 4.18. The molecule has 0 bridgehead atoms. The largest absolute Gasteiger partial charge is 0.439 e. The summed E-state index contributed by atoms with van der Waals surface area (Å²) in [6, 6.07) is 24.8. The first-order valence-corrected chi connectivity index (χ1v) is 12.3. The summed E-state index contributed by atoms with van der Waals surface area (Å²) in [5, 5.41) is 15.2. The Morgan fingerprint density at radius 3 is 2.61 bits per heavy atom. The van der Waals surface area contributed by atoms with Crippen LogP contribution >= 0.6 is 0 Å². The molecule has 3 aromatic carbocycles. The van der Waals surface area contributed by atoms with Crippen LogP contribution in [0.4, 0.5) is 11.5 Å². The lowest BCUT2D eigenvalue weighted by Gasteiger charge is -2.11. The summed E-state index contributed by atoms with van der Waals surface area (Å²) in [7, 11) is 0. The number of nitrogens with one attached hydrogen (secondary N) is 4. The number of carbonyl (C=O) groups is 1. The van der Waals surface area contributed by atoms with Crippen LogP contribution in [-0.4, -0.2) is 37.1 Å². The van der Waals surface area contributed by atoms with Crippen LogP contribution in [0.25, 0.3) is 33.2 Å². The summed E-state index contributed by atoms with van der Waals surface area (Å²) < 4.78 is 6.07. The predicted molar refractivity (Wildman–Crippen MR) is 148 cm³/mol. The van der Waals surface area contributed by atoms with Crippen LogP contribution in [0.3, 0.4) is 0 Å². The number of ether oxygens (including phenoxy) is 1. The summed E-state index contributed by atoms with van der Waals surface area (Å²) in [4.78, 5) is 25.2. The van der Waals surface area contributed by atoms with Crippen molar-refractivity contribution < 1.29 is 9.53 Å². The van der Waals surface area contributed by atoms with Crippen molar-refractivity contribution in [2.75, 3.05) is 5.32 Å². The zero-order chi connectivity index (χ0) is 26.1. The summed E-state index contributed by atoms with van der Waals surface area (Å²) in [5.41, 5.74) is 3.91. The summed E-state index contributed by atoms with van der Waals surface area (Å²) >= 11 is 0. The fourth-order valence-electron chi connectivity index (χ4n) is 4.18. The molecule has 0 fully saturated rings. The van der Waals surface area contributed by atoms with Gasteiger partial charge in [0.25, 0.3) is 5.91 Å². The quantitative estimate of drug-likeness (QED) is 0.207. The van der Waals surface area contributed by atoms with Crippen LogP contribution in [0.2, 0.25) is 0 Å². The summed E-state index contributed by atoms with van der Waals surface area (Å²) in [6.45, 7) is 3.86. The standard InChI is InChI=1S/C29H25N7O2/c1-17(2)31-29(37)25-13-18-8-9-19(14-24(18)33-25)28-34-26(15-27(35-28)38-22-6-4-3-5-7-22)32-21-10-11-23-20(12-21)16-30-36-23/h3-17,33H,1-2H3,(H,30,36)(H,31,37)(H,32,34,35). The third-order valence-electron chi connectivity index (χ3n) is 5.93.